The number of hydrogen-bond acceptors (Lipinski definition) is 2. The third-order valence-corrected chi connectivity index (χ3v) is 3.33. The Morgan fingerprint density at radius 3 is 2.36 bits per heavy atom. The van der Waals surface area contributed by atoms with Gasteiger partial charge in [-0.25, -0.2) is 4.39 Å². The smallest absolute Gasteiger partial charge is 0.148 e. The largest absolute Gasteiger partial charge is 0.360 e. The molecule has 0 aliphatic rings. The molecule has 0 atom stereocenters. The number of benzene rings is 2. The molecule has 0 aliphatic carbocycles. The van der Waals surface area contributed by atoms with Crippen LogP contribution in [0.1, 0.15) is 23.6 Å². The highest BCUT2D eigenvalue weighted by Gasteiger charge is 2.08. The Balaban J connectivity index is 2.21. The van der Waals surface area contributed by atoms with Crippen LogP contribution < -0.4 is 10.6 Å². The number of aryl methyl sites for hydroxylation is 2. The molecule has 2 nitrogen and oxygen atoms in total. The van der Waals surface area contributed by atoms with E-state index in [1.54, 1.807) is 12.1 Å². The molecule has 0 spiro atoms. The van der Waals surface area contributed by atoms with E-state index in [1.807, 2.05) is 39.0 Å². The topological polar surface area (TPSA) is 24.1 Å². The summed E-state index contributed by atoms with van der Waals surface area (Å²) in [5, 5.41) is 6.05. The summed E-state index contributed by atoms with van der Waals surface area (Å²) in [6.45, 7) is 13.6. The van der Waals surface area contributed by atoms with Crippen molar-refractivity contribution < 1.29 is 4.39 Å². The average molecular weight is 296 g/mol. The maximum Gasteiger partial charge on any atom is 0.148 e. The third-order valence-electron chi connectivity index (χ3n) is 3.33. The van der Waals surface area contributed by atoms with Crippen molar-refractivity contribution in [3.8, 4) is 0 Å². The third kappa shape index (κ3) is 3.76. The fourth-order valence-electron chi connectivity index (χ4n) is 2.23. The average Bonchev–Trinajstić information content (AvgIpc) is 2.43. The summed E-state index contributed by atoms with van der Waals surface area (Å²) in [5.74, 6) is -0.335. The molecule has 0 radical (unpaired) electrons. The zero-order valence-electron chi connectivity index (χ0n) is 13.3. The molecule has 0 saturated heterocycles. The molecule has 2 aromatic carbocycles. The van der Waals surface area contributed by atoms with Crippen molar-refractivity contribution in [3.05, 3.63) is 77.8 Å². The van der Waals surface area contributed by atoms with Gasteiger partial charge in [-0.15, -0.1) is 0 Å². The zero-order valence-corrected chi connectivity index (χ0v) is 13.3. The first-order chi connectivity index (χ1) is 10.4. The van der Waals surface area contributed by atoms with Gasteiger partial charge in [0.05, 0.1) is 5.69 Å². The monoisotopic (exact) mass is 296 g/mol. The van der Waals surface area contributed by atoms with Gasteiger partial charge in [0.15, 0.2) is 0 Å². The Labute approximate surface area is 131 Å². The molecule has 0 aliphatic heterocycles. The normalized spacial score (nSPS) is 10.2. The van der Waals surface area contributed by atoms with Gasteiger partial charge >= 0.3 is 0 Å². The maximum absolute atomic E-state index is 14.2. The Bertz CT molecular complexity index is 732. The highest BCUT2D eigenvalue weighted by Crippen LogP contribution is 2.25. The molecule has 0 aromatic heterocycles. The van der Waals surface area contributed by atoms with Crippen LogP contribution in [0.3, 0.4) is 0 Å². The minimum Gasteiger partial charge on any atom is -0.360 e. The van der Waals surface area contributed by atoms with Gasteiger partial charge in [0.1, 0.15) is 5.82 Å². The molecule has 114 valence electrons. The van der Waals surface area contributed by atoms with E-state index in [1.165, 1.54) is 6.07 Å². The summed E-state index contributed by atoms with van der Waals surface area (Å²) in [6.07, 6.45) is 0. The molecule has 2 rings (SSSR count). The van der Waals surface area contributed by atoms with Crippen molar-refractivity contribution in [2.45, 2.75) is 20.8 Å². The SMILES string of the molecule is C=C(C)Nc1ccc(NC(=C)c2cc(C)ccc2C)c(F)c1. The lowest BCUT2D eigenvalue weighted by Gasteiger charge is -2.14. The van der Waals surface area contributed by atoms with Gasteiger partial charge in [0.2, 0.25) is 0 Å². The maximum atomic E-state index is 14.2. The van der Waals surface area contributed by atoms with Gasteiger partial charge in [-0.3, -0.25) is 0 Å². The van der Waals surface area contributed by atoms with E-state index >= 15 is 0 Å². The lowest BCUT2D eigenvalue weighted by Crippen LogP contribution is -2.02. The number of halogens is 1. The van der Waals surface area contributed by atoms with Crippen molar-refractivity contribution in [1.29, 1.82) is 0 Å². The van der Waals surface area contributed by atoms with Crippen molar-refractivity contribution in [3.63, 3.8) is 0 Å². The minimum atomic E-state index is -0.335. The second-order valence-corrected chi connectivity index (χ2v) is 5.52. The molecule has 2 N–H and O–H groups in total. The summed E-state index contributed by atoms with van der Waals surface area (Å²) in [7, 11) is 0. The minimum absolute atomic E-state index is 0.335. The molecule has 0 amide bonds. The second kappa shape index (κ2) is 6.48. The van der Waals surface area contributed by atoms with Crippen molar-refractivity contribution in [2.24, 2.45) is 0 Å². The molecule has 0 fully saturated rings. The van der Waals surface area contributed by atoms with Crippen LogP contribution in [-0.2, 0) is 0 Å². The lowest BCUT2D eigenvalue weighted by atomic mass is 10.0. The van der Waals surface area contributed by atoms with E-state index in [-0.39, 0.29) is 5.82 Å². The molecule has 0 saturated carbocycles. The van der Waals surface area contributed by atoms with Crippen molar-refractivity contribution >= 4 is 17.1 Å². The quantitative estimate of drug-likeness (QED) is 0.764. The summed E-state index contributed by atoms with van der Waals surface area (Å²) in [5.41, 5.74) is 5.75. The Kier molecular flexibility index (Phi) is 4.66. The van der Waals surface area contributed by atoms with E-state index in [0.717, 1.165) is 22.4 Å². The Morgan fingerprint density at radius 2 is 1.73 bits per heavy atom. The van der Waals surface area contributed by atoms with Crippen LogP contribution in [0.5, 0.6) is 0 Å². The van der Waals surface area contributed by atoms with Crippen LogP contribution >= 0.6 is 0 Å². The molecule has 3 heteroatoms. The summed E-state index contributed by atoms with van der Waals surface area (Å²) in [6, 6.07) is 11.1. The summed E-state index contributed by atoms with van der Waals surface area (Å²) in [4.78, 5) is 0. The number of anilines is 2. The lowest BCUT2D eigenvalue weighted by molar-refractivity contribution is 0.632. The molecular formula is C19H21FN2. The Hall–Kier alpha value is -2.55. The Morgan fingerprint density at radius 1 is 1.00 bits per heavy atom. The summed E-state index contributed by atoms with van der Waals surface area (Å²) >= 11 is 0. The second-order valence-electron chi connectivity index (χ2n) is 5.52. The van der Waals surface area contributed by atoms with Gasteiger partial charge in [-0.2, -0.15) is 0 Å². The first-order valence-corrected chi connectivity index (χ1v) is 7.12. The van der Waals surface area contributed by atoms with E-state index in [4.69, 9.17) is 0 Å². The van der Waals surface area contributed by atoms with Gasteiger partial charge in [0, 0.05) is 22.6 Å². The van der Waals surface area contributed by atoms with Gasteiger partial charge in [-0.1, -0.05) is 30.9 Å². The van der Waals surface area contributed by atoms with Crippen LogP contribution in [0, 0.1) is 19.7 Å². The molecular weight excluding hydrogens is 275 g/mol. The van der Waals surface area contributed by atoms with Crippen molar-refractivity contribution in [1.82, 2.24) is 0 Å². The van der Waals surface area contributed by atoms with Crippen LogP contribution in [-0.4, -0.2) is 0 Å². The molecule has 0 unspecified atom stereocenters. The first kappa shape index (κ1) is 15.8. The van der Waals surface area contributed by atoms with E-state index in [0.29, 0.717) is 17.1 Å². The number of allylic oxidation sites excluding steroid dienone is 1. The predicted octanol–water partition coefficient (Wildman–Crippen LogP) is 5.47. The molecule has 0 heterocycles. The van der Waals surface area contributed by atoms with Gasteiger partial charge in [0.25, 0.3) is 0 Å². The van der Waals surface area contributed by atoms with Gasteiger partial charge < -0.3 is 10.6 Å². The standard InChI is InChI=1S/C19H21FN2/c1-12(2)21-16-8-9-19(18(20)11-16)22-15(5)17-10-13(3)6-7-14(17)4/h6-11,21-22H,1,5H2,2-4H3. The first-order valence-electron chi connectivity index (χ1n) is 7.12. The number of hydrogen-bond donors (Lipinski definition) is 2. The number of rotatable bonds is 5. The molecule has 0 bridgehead atoms. The van der Waals surface area contributed by atoms with Gasteiger partial charge in [-0.05, 0) is 50.6 Å². The van der Waals surface area contributed by atoms with Crippen LogP contribution in [0.15, 0.2) is 55.3 Å². The fraction of sp³-hybridized carbons (Fsp3) is 0.158. The highest BCUT2D eigenvalue weighted by atomic mass is 19.1. The molecule has 22 heavy (non-hydrogen) atoms. The summed E-state index contributed by atoms with van der Waals surface area (Å²) < 4.78 is 14.2. The van der Waals surface area contributed by atoms with Crippen molar-refractivity contribution in [2.75, 3.05) is 10.6 Å². The van der Waals surface area contributed by atoms with E-state index < -0.39 is 0 Å². The van der Waals surface area contributed by atoms with E-state index in [2.05, 4.69) is 23.8 Å². The fourth-order valence-corrected chi connectivity index (χ4v) is 2.23. The van der Waals surface area contributed by atoms with E-state index in [9.17, 15) is 4.39 Å². The number of nitrogens with one attached hydrogen (secondary N) is 2. The molecule has 2 aromatic rings. The predicted molar refractivity (Wildman–Crippen MR) is 93.4 cm³/mol. The van der Waals surface area contributed by atoms with Crippen LogP contribution in [0.2, 0.25) is 0 Å². The van der Waals surface area contributed by atoms with Crippen LogP contribution in [0.25, 0.3) is 5.70 Å². The zero-order chi connectivity index (χ0) is 16.3. The van der Waals surface area contributed by atoms with Crippen LogP contribution in [0.4, 0.5) is 15.8 Å². The highest BCUT2D eigenvalue weighted by molar-refractivity contribution is 5.78.